The number of nitro groups is 1. The minimum atomic E-state index is -0.661. The van der Waals surface area contributed by atoms with Gasteiger partial charge in [-0.25, -0.2) is 4.98 Å². The van der Waals surface area contributed by atoms with Crippen LogP contribution in [-0.4, -0.2) is 47.5 Å². The summed E-state index contributed by atoms with van der Waals surface area (Å²) in [5.41, 5.74) is 1.63. The van der Waals surface area contributed by atoms with Gasteiger partial charge in [0, 0.05) is 17.3 Å². The van der Waals surface area contributed by atoms with Gasteiger partial charge in [0.15, 0.2) is 18.1 Å². The number of fused-ring (bicyclic) bond motifs is 2. The number of hydrogen-bond acceptors (Lipinski definition) is 10. The van der Waals surface area contributed by atoms with Crippen molar-refractivity contribution in [1.82, 2.24) is 9.66 Å². The van der Waals surface area contributed by atoms with Gasteiger partial charge >= 0.3 is 5.69 Å². The summed E-state index contributed by atoms with van der Waals surface area (Å²) in [7, 11) is 2.85. The van der Waals surface area contributed by atoms with Gasteiger partial charge in [0.1, 0.15) is 11.3 Å². The lowest BCUT2D eigenvalue weighted by Gasteiger charge is -2.13. The Balaban J connectivity index is 1.38. The molecule has 0 radical (unpaired) electrons. The molecular formula is C34H27N5O8. The molecule has 0 unspecified atom stereocenters. The van der Waals surface area contributed by atoms with Crippen molar-refractivity contribution in [1.29, 1.82) is 0 Å². The van der Waals surface area contributed by atoms with Crippen LogP contribution in [0.15, 0.2) is 99.2 Å². The number of carbonyl (C=O) groups is 1. The van der Waals surface area contributed by atoms with Crippen molar-refractivity contribution in [2.24, 2.45) is 5.10 Å². The van der Waals surface area contributed by atoms with Crippen LogP contribution < -0.4 is 25.1 Å². The van der Waals surface area contributed by atoms with Crippen molar-refractivity contribution >= 4 is 45.4 Å². The van der Waals surface area contributed by atoms with E-state index in [2.05, 4.69) is 15.4 Å². The molecular weight excluding hydrogens is 606 g/mol. The Bertz CT molecular complexity index is 2260. The molecule has 1 N–H and O–H groups in total. The van der Waals surface area contributed by atoms with Gasteiger partial charge in [-0.1, -0.05) is 36.4 Å². The Morgan fingerprint density at radius 2 is 1.77 bits per heavy atom. The molecule has 13 nitrogen and oxygen atoms in total. The van der Waals surface area contributed by atoms with E-state index in [1.807, 2.05) is 19.1 Å². The molecule has 13 heteroatoms. The summed E-state index contributed by atoms with van der Waals surface area (Å²) in [4.78, 5) is 42.4. The number of methoxy groups -OCH3 is 2. The number of benzene rings is 4. The van der Waals surface area contributed by atoms with E-state index in [9.17, 15) is 19.7 Å². The fraction of sp³-hybridized carbons (Fsp3) is 0.118. The molecule has 2 aromatic heterocycles. The minimum absolute atomic E-state index is 0.0158. The molecule has 0 aliphatic carbocycles. The molecule has 0 spiro atoms. The maximum absolute atomic E-state index is 13.7. The summed E-state index contributed by atoms with van der Waals surface area (Å²) >= 11 is 0. The van der Waals surface area contributed by atoms with E-state index in [1.165, 1.54) is 25.5 Å². The van der Waals surface area contributed by atoms with E-state index in [0.29, 0.717) is 33.3 Å². The zero-order valence-electron chi connectivity index (χ0n) is 25.4. The number of rotatable bonds is 10. The fourth-order valence-corrected chi connectivity index (χ4v) is 4.99. The van der Waals surface area contributed by atoms with E-state index in [0.717, 1.165) is 10.2 Å². The molecule has 2 heterocycles. The van der Waals surface area contributed by atoms with Crippen molar-refractivity contribution in [3.63, 3.8) is 0 Å². The average molecular weight is 634 g/mol. The third kappa shape index (κ3) is 6.09. The van der Waals surface area contributed by atoms with Crippen molar-refractivity contribution in [2.45, 2.75) is 6.92 Å². The van der Waals surface area contributed by atoms with Crippen LogP contribution in [0.3, 0.4) is 0 Å². The van der Waals surface area contributed by atoms with Gasteiger partial charge in [0.05, 0.1) is 41.6 Å². The largest absolute Gasteiger partial charge is 0.496 e. The standard InChI is InChI=1S/C34H27N5O8/c1-20-9-4-6-11-24(20)36-31(40)19-46-32-26(39(42)43)15-21(16-29(32)45-3)18-35-38-33(37-25-12-7-5-10-22(25)34(38)41)30-17-23-27(44-2)13-8-14-28(23)47-30/h4-18H,19H2,1-3H3,(H,36,40). The fourth-order valence-electron chi connectivity index (χ4n) is 4.99. The number of anilines is 1. The van der Waals surface area contributed by atoms with Gasteiger partial charge in [-0.3, -0.25) is 19.7 Å². The lowest BCUT2D eigenvalue weighted by atomic mass is 10.2. The summed E-state index contributed by atoms with van der Waals surface area (Å²) in [5.74, 6) is 0.157. The highest BCUT2D eigenvalue weighted by atomic mass is 16.6. The highest BCUT2D eigenvalue weighted by Gasteiger charge is 2.24. The summed E-state index contributed by atoms with van der Waals surface area (Å²) in [6.07, 6.45) is 1.26. The van der Waals surface area contributed by atoms with E-state index in [4.69, 9.17) is 18.6 Å². The predicted molar refractivity (Wildman–Crippen MR) is 176 cm³/mol. The second-order valence-electron chi connectivity index (χ2n) is 10.3. The van der Waals surface area contributed by atoms with Gasteiger partial charge < -0.3 is 23.9 Å². The number of para-hydroxylation sites is 2. The summed E-state index contributed by atoms with van der Waals surface area (Å²) in [5, 5.41) is 20.2. The predicted octanol–water partition coefficient (Wildman–Crippen LogP) is 5.94. The molecule has 0 bridgehead atoms. The van der Waals surface area contributed by atoms with Crippen LogP contribution in [0.5, 0.6) is 17.2 Å². The number of hydrogen-bond donors (Lipinski definition) is 1. The van der Waals surface area contributed by atoms with Gasteiger partial charge in [-0.05, 0) is 55.0 Å². The van der Waals surface area contributed by atoms with Crippen molar-refractivity contribution in [2.75, 3.05) is 26.1 Å². The van der Waals surface area contributed by atoms with Crippen LogP contribution >= 0.6 is 0 Å². The molecule has 6 rings (SSSR count). The van der Waals surface area contributed by atoms with Crippen molar-refractivity contribution < 1.29 is 28.3 Å². The Kier molecular flexibility index (Phi) is 8.35. The molecule has 236 valence electrons. The Morgan fingerprint density at radius 3 is 2.53 bits per heavy atom. The highest BCUT2D eigenvalue weighted by Crippen LogP contribution is 2.38. The molecule has 4 aromatic carbocycles. The smallest absolute Gasteiger partial charge is 0.315 e. The van der Waals surface area contributed by atoms with Crippen LogP contribution in [0.25, 0.3) is 33.5 Å². The number of furan rings is 1. The molecule has 1 amide bonds. The number of nitro benzene ring substituents is 1. The summed E-state index contributed by atoms with van der Waals surface area (Å²) in [6, 6.07) is 23.6. The molecule has 0 saturated heterocycles. The third-order valence-electron chi connectivity index (χ3n) is 7.28. The van der Waals surface area contributed by atoms with Crippen LogP contribution in [0, 0.1) is 17.0 Å². The first-order valence-corrected chi connectivity index (χ1v) is 14.2. The van der Waals surface area contributed by atoms with Crippen LogP contribution in [0.1, 0.15) is 11.1 Å². The maximum Gasteiger partial charge on any atom is 0.315 e. The molecule has 47 heavy (non-hydrogen) atoms. The topological polar surface area (TPSA) is 160 Å². The van der Waals surface area contributed by atoms with E-state index in [-0.39, 0.29) is 28.6 Å². The van der Waals surface area contributed by atoms with Crippen LogP contribution in [0.2, 0.25) is 0 Å². The number of nitrogens with one attached hydrogen (secondary N) is 1. The second kappa shape index (κ2) is 12.9. The van der Waals surface area contributed by atoms with Gasteiger partial charge in [0.2, 0.25) is 11.6 Å². The van der Waals surface area contributed by atoms with E-state index in [1.54, 1.807) is 67.8 Å². The molecule has 0 saturated carbocycles. The van der Waals surface area contributed by atoms with Gasteiger partial charge in [0.25, 0.3) is 11.5 Å². The van der Waals surface area contributed by atoms with E-state index < -0.39 is 28.7 Å². The number of carbonyl (C=O) groups excluding carboxylic acids is 1. The molecule has 0 aliphatic heterocycles. The lowest BCUT2D eigenvalue weighted by molar-refractivity contribution is -0.385. The highest BCUT2D eigenvalue weighted by molar-refractivity contribution is 5.93. The molecule has 0 fully saturated rings. The van der Waals surface area contributed by atoms with Crippen molar-refractivity contribution in [3.8, 4) is 28.8 Å². The maximum atomic E-state index is 13.7. The van der Waals surface area contributed by atoms with Crippen LogP contribution in [0.4, 0.5) is 11.4 Å². The first-order valence-electron chi connectivity index (χ1n) is 14.2. The third-order valence-corrected chi connectivity index (χ3v) is 7.28. The SMILES string of the molecule is COc1cc(C=Nn2c(-c3cc4c(OC)cccc4o3)nc3ccccc3c2=O)cc([N+](=O)[O-])c1OCC(=O)Nc1ccccc1C. The number of aryl methyl sites for hydroxylation is 1. The van der Waals surface area contributed by atoms with Crippen LogP contribution in [-0.2, 0) is 4.79 Å². The molecule has 0 atom stereocenters. The van der Waals surface area contributed by atoms with E-state index >= 15 is 0 Å². The van der Waals surface area contributed by atoms with Crippen molar-refractivity contribution in [3.05, 3.63) is 117 Å². The number of nitrogens with zero attached hydrogens (tertiary/aromatic N) is 4. The lowest BCUT2D eigenvalue weighted by Crippen LogP contribution is -2.21. The second-order valence-corrected chi connectivity index (χ2v) is 10.3. The normalized spacial score (nSPS) is 11.2. The average Bonchev–Trinajstić information content (AvgIpc) is 3.52. The Labute approximate surface area is 266 Å². The zero-order chi connectivity index (χ0) is 33.1. The monoisotopic (exact) mass is 633 g/mol. The minimum Gasteiger partial charge on any atom is -0.496 e. The number of aromatic nitrogens is 2. The zero-order valence-corrected chi connectivity index (χ0v) is 25.4. The molecule has 6 aromatic rings. The molecule has 0 aliphatic rings. The van der Waals surface area contributed by atoms with Gasteiger partial charge in [-0.2, -0.15) is 9.78 Å². The quantitative estimate of drug-likeness (QED) is 0.109. The first-order chi connectivity index (χ1) is 22.8. The van der Waals surface area contributed by atoms with Gasteiger partial charge in [-0.15, -0.1) is 0 Å². The summed E-state index contributed by atoms with van der Waals surface area (Å²) < 4.78 is 23.6. The number of ether oxygens (including phenoxy) is 3. The first kappa shape index (κ1) is 30.5. The summed E-state index contributed by atoms with van der Waals surface area (Å²) in [6.45, 7) is 1.33. The number of amides is 1. The Morgan fingerprint density at radius 1 is 1.00 bits per heavy atom. The Hall–Kier alpha value is -6.50.